The van der Waals surface area contributed by atoms with Crippen LogP contribution in [0, 0.1) is 0 Å². The van der Waals surface area contributed by atoms with Gasteiger partial charge in [0.1, 0.15) is 11.0 Å². The number of ether oxygens (including phenoxy) is 1. The minimum atomic E-state index is -3.47. The van der Waals surface area contributed by atoms with Crippen LogP contribution in [-0.4, -0.2) is 44.2 Å². The molecule has 0 saturated carbocycles. The normalized spacial score (nSPS) is 14.7. The SMILES string of the molecule is O=C(COc1ccc2ccccc2c1)N1CC(S(=O)(=O)c2ccc(Cl)cc2)C1. The molecule has 5 nitrogen and oxygen atoms in total. The first kappa shape index (κ1) is 18.8. The predicted molar refractivity (Wildman–Crippen MR) is 108 cm³/mol. The maximum Gasteiger partial charge on any atom is 0.260 e. The van der Waals surface area contributed by atoms with Gasteiger partial charge in [-0.15, -0.1) is 0 Å². The molecule has 0 unspecified atom stereocenters. The summed E-state index contributed by atoms with van der Waals surface area (Å²) in [6.07, 6.45) is 0. The monoisotopic (exact) mass is 415 g/mol. The van der Waals surface area contributed by atoms with E-state index in [2.05, 4.69) is 0 Å². The highest BCUT2D eigenvalue weighted by atomic mass is 35.5. The summed E-state index contributed by atoms with van der Waals surface area (Å²) in [5.74, 6) is 0.383. The predicted octanol–water partition coefficient (Wildman–Crippen LogP) is 3.56. The van der Waals surface area contributed by atoms with E-state index in [4.69, 9.17) is 16.3 Å². The van der Waals surface area contributed by atoms with Gasteiger partial charge in [-0.3, -0.25) is 4.79 Å². The topological polar surface area (TPSA) is 63.7 Å². The van der Waals surface area contributed by atoms with Crippen LogP contribution in [0.1, 0.15) is 0 Å². The minimum Gasteiger partial charge on any atom is -0.484 e. The number of benzene rings is 3. The average molecular weight is 416 g/mol. The van der Waals surface area contributed by atoms with Crippen molar-refractivity contribution in [1.29, 1.82) is 0 Å². The van der Waals surface area contributed by atoms with Gasteiger partial charge in [-0.05, 0) is 47.2 Å². The van der Waals surface area contributed by atoms with E-state index < -0.39 is 15.1 Å². The zero-order chi connectivity index (χ0) is 19.7. The number of carbonyl (C=O) groups excluding carboxylic acids is 1. The summed E-state index contributed by atoms with van der Waals surface area (Å²) < 4.78 is 30.8. The fraction of sp³-hybridized carbons (Fsp3) is 0.190. The molecule has 7 heteroatoms. The van der Waals surface area contributed by atoms with E-state index in [0.29, 0.717) is 10.8 Å². The molecule has 0 aromatic heterocycles. The smallest absolute Gasteiger partial charge is 0.260 e. The van der Waals surface area contributed by atoms with Crippen molar-refractivity contribution < 1.29 is 17.9 Å². The van der Waals surface area contributed by atoms with E-state index in [-0.39, 0.29) is 30.5 Å². The minimum absolute atomic E-state index is 0.119. The summed E-state index contributed by atoms with van der Waals surface area (Å²) in [7, 11) is -3.47. The van der Waals surface area contributed by atoms with Crippen LogP contribution >= 0.6 is 11.6 Å². The summed E-state index contributed by atoms with van der Waals surface area (Å²) in [6.45, 7) is 0.224. The molecule has 144 valence electrons. The Morgan fingerprint density at radius 2 is 1.68 bits per heavy atom. The van der Waals surface area contributed by atoms with Crippen molar-refractivity contribution >= 4 is 38.1 Å². The van der Waals surface area contributed by atoms with Crippen molar-refractivity contribution in [2.24, 2.45) is 0 Å². The summed E-state index contributed by atoms with van der Waals surface area (Å²) in [6, 6.07) is 19.6. The van der Waals surface area contributed by atoms with Gasteiger partial charge in [-0.2, -0.15) is 0 Å². The molecule has 1 saturated heterocycles. The van der Waals surface area contributed by atoms with Crippen molar-refractivity contribution in [3.63, 3.8) is 0 Å². The highest BCUT2D eigenvalue weighted by molar-refractivity contribution is 7.92. The van der Waals surface area contributed by atoms with E-state index in [0.717, 1.165) is 10.8 Å². The Morgan fingerprint density at radius 3 is 2.39 bits per heavy atom. The Morgan fingerprint density at radius 1 is 1.00 bits per heavy atom. The van der Waals surface area contributed by atoms with Crippen LogP contribution in [0.3, 0.4) is 0 Å². The number of sulfone groups is 1. The molecule has 1 aliphatic heterocycles. The number of halogens is 1. The Bertz CT molecular complexity index is 1120. The van der Waals surface area contributed by atoms with Crippen molar-refractivity contribution in [3.05, 3.63) is 71.8 Å². The van der Waals surface area contributed by atoms with Gasteiger partial charge in [0.2, 0.25) is 0 Å². The summed E-state index contributed by atoms with van der Waals surface area (Å²) >= 11 is 5.81. The Kier molecular flexibility index (Phi) is 5.00. The lowest BCUT2D eigenvalue weighted by Gasteiger charge is -2.38. The lowest BCUT2D eigenvalue weighted by atomic mass is 10.1. The van der Waals surface area contributed by atoms with Crippen molar-refractivity contribution in [2.45, 2.75) is 10.1 Å². The third-order valence-electron chi connectivity index (χ3n) is 4.86. The van der Waals surface area contributed by atoms with Crippen LogP contribution in [0.25, 0.3) is 10.8 Å². The van der Waals surface area contributed by atoms with Crippen LogP contribution in [0.2, 0.25) is 5.02 Å². The molecular formula is C21H18ClNO4S. The summed E-state index contributed by atoms with van der Waals surface area (Å²) in [5, 5.41) is 2.01. The van der Waals surface area contributed by atoms with E-state index in [1.807, 2.05) is 42.5 Å². The molecule has 4 rings (SSSR count). The first-order valence-electron chi connectivity index (χ1n) is 8.82. The van der Waals surface area contributed by atoms with Gasteiger partial charge in [0.25, 0.3) is 5.91 Å². The van der Waals surface area contributed by atoms with Gasteiger partial charge in [0, 0.05) is 18.1 Å². The van der Waals surface area contributed by atoms with Crippen LogP contribution in [0.15, 0.2) is 71.6 Å². The van der Waals surface area contributed by atoms with Crippen molar-refractivity contribution in [1.82, 2.24) is 4.90 Å². The third-order valence-corrected chi connectivity index (χ3v) is 7.22. The molecule has 1 amide bonds. The highest BCUT2D eigenvalue weighted by Crippen LogP contribution is 2.25. The van der Waals surface area contributed by atoms with Gasteiger partial charge in [0.05, 0.1) is 4.90 Å². The zero-order valence-electron chi connectivity index (χ0n) is 14.9. The second-order valence-corrected chi connectivity index (χ2v) is 9.38. The zero-order valence-corrected chi connectivity index (χ0v) is 16.5. The fourth-order valence-electron chi connectivity index (χ4n) is 3.15. The molecular weight excluding hydrogens is 398 g/mol. The number of hydrogen-bond acceptors (Lipinski definition) is 4. The molecule has 0 N–H and O–H groups in total. The number of amides is 1. The summed E-state index contributed by atoms with van der Waals surface area (Å²) in [4.78, 5) is 14.0. The second kappa shape index (κ2) is 7.45. The Labute approximate surface area is 168 Å². The Hall–Kier alpha value is -2.57. The first-order chi connectivity index (χ1) is 13.4. The molecule has 0 atom stereocenters. The Balaban J connectivity index is 1.34. The van der Waals surface area contributed by atoms with E-state index in [9.17, 15) is 13.2 Å². The quantitative estimate of drug-likeness (QED) is 0.639. The average Bonchev–Trinajstić information content (AvgIpc) is 2.65. The first-order valence-corrected chi connectivity index (χ1v) is 10.7. The number of likely N-dealkylation sites (tertiary alicyclic amines) is 1. The molecule has 0 bridgehead atoms. The fourth-order valence-corrected chi connectivity index (χ4v) is 4.93. The lowest BCUT2D eigenvalue weighted by molar-refractivity contribution is -0.136. The molecule has 1 fully saturated rings. The van der Waals surface area contributed by atoms with Crippen LogP contribution in [0.4, 0.5) is 0 Å². The largest absolute Gasteiger partial charge is 0.484 e. The molecule has 0 aliphatic carbocycles. The number of fused-ring (bicyclic) bond motifs is 1. The number of hydrogen-bond donors (Lipinski definition) is 0. The number of rotatable bonds is 5. The molecule has 1 aliphatic rings. The van der Waals surface area contributed by atoms with E-state index in [1.54, 1.807) is 12.1 Å². The van der Waals surface area contributed by atoms with E-state index in [1.165, 1.54) is 17.0 Å². The molecule has 0 spiro atoms. The molecule has 3 aromatic rings. The lowest BCUT2D eigenvalue weighted by Crippen LogP contribution is -2.57. The standard InChI is InChI=1S/C21H18ClNO4S/c22-17-6-9-19(10-7-17)28(25,26)20-12-23(13-20)21(24)14-27-18-8-5-15-3-1-2-4-16(15)11-18/h1-11,20H,12-14H2. The van der Waals surface area contributed by atoms with Crippen molar-refractivity contribution in [3.8, 4) is 5.75 Å². The molecule has 0 radical (unpaired) electrons. The number of nitrogens with zero attached hydrogens (tertiary/aromatic N) is 1. The molecule has 3 aromatic carbocycles. The van der Waals surface area contributed by atoms with Gasteiger partial charge in [-0.1, -0.05) is 41.9 Å². The second-order valence-electron chi connectivity index (χ2n) is 6.72. The highest BCUT2D eigenvalue weighted by Gasteiger charge is 2.40. The van der Waals surface area contributed by atoms with Gasteiger partial charge in [0.15, 0.2) is 16.4 Å². The molecule has 28 heavy (non-hydrogen) atoms. The molecule has 1 heterocycles. The summed E-state index contributed by atoms with van der Waals surface area (Å²) in [5.41, 5.74) is 0. The maximum absolute atomic E-state index is 12.6. The maximum atomic E-state index is 12.6. The van der Waals surface area contributed by atoms with Crippen LogP contribution in [0.5, 0.6) is 5.75 Å². The van der Waals surface area contributed by atoms with Gasteiger partial charge in [-0.25, -0.2) is 8.42 Å². The van der Waals surface area contributed by atoms with Crippen LogP contribution < -0.4 is 4.74 Å². The van der Waals surface area contributed by atoms with Gasteiger partial charge < -0.3 is 9.64 Å². The van der Waals surface area contributed by atoms with E-state index >= 15 is 0 Å². The van der Waals surface area contributed by atoms with Crippen molar-refractivity contribution in [2.75, 3.05) is 19.7 Å². The van der Waals surface area contributed by atoms with Gasteiger partial charge >= 0.3 is 0 Å². The third kappa shape index (κ3) is 3.70. The van der Waals surface area contributed by atoms with Crippen LogP contribution in [-0.2, 0) is 14.6 Å². The number of carbonyl (C=O) groups is 1.